The van der Waals surface area contributed by atoms with E-state index in [9.17, 15) is 40.5 Å². The molecule has 260 valence electrons. The minimum Gasteiger partial charge on any atom is -0.508 e. The van der Waals surface area contributed by atoms with Crippen molar-refractivity contribution in [2.45, 2.75) is 43.5 Å². The molecule has 1 aliphatic rings. The second-order valence-corrected chi connectivity index (χ2v) is 11.5. The van der Waals surface area contributed by atoms with Crippen molar-refractivity contribution >= 4 is 12.0 Å². The van der Waals surface area contributed by atoms with Gasteiger partial charge in [0.1, 0.15) is 36.8 Å². The Morgan fingerprint density at radius 1 is 0.812 bits per heavy atom. The van der Waals surface area contributed by atoms with Gasteiger partial charge in [0, 0.05) is 12.7 Å². The van der Waals surface area contributed by atoms with Crippen LogP contribution in [0.3, 0.4) is 0 Å². The van der Waals surface area contributed by atoms with E-state index in [0.717, 1.165) is 17.2 Å². The number of ether oxygens (including phenoxy) is 5. The van der Waals surface area contributed by atoms with Crippen molar-refractivity contribution in [2.75, 3.05) is 34.0 Å². The Balaban J connectivity index is 1.47. The second-order valence-electron chi connectivity index (χ2n) is 11.5. The number of carbonyl (C=O) groups excluding carboxylic acids is 1. The Morgan fingerprint density at radius 3 is 1.96 bits per heavy atom. The first-order chi connectivity index (χ1) is 23.0. The standard InChI is InChI=1S/C35H42O13/c1-44-28-15-21(5-10-26(28)38)13-23(17-36)24(14-22-6-11-27(39)29(16-22)45-2)18-47-35-34(43)33(42)32(41)30(48-35)19-46-31(40)12-7-20-3-8-25(37)9-4-20/h3-12,15-16,23-24,30,32-39,41-43H,13-14,17-19H2,1-2H3/t23-,24-,30+,32+,33-,34+,35+/m0/s1. The summed E-state index contributed by atoms with van der Waals surface area (Å²) in [6.07, 6.45) is -4.28. The number of hydrogen-bond acceptors (Lipinski definition) is 13. The zero-order chi connectivity index (χ0) is 34.8. The van der Waals surface area contributed by atoms with Crippen molar-refractivity contribution in [3.05, 3.63) is 83.4 Å². The molecule has 0 amide bonds. The van der Waals surface area contributed by atoms with Gasteiger partial charge in [-0.2, -0.15) is 0 Å². The number of hydrogen-bond donors (Lipinski definition) is 7. The molecule has 3 aromatic carbocycles. The third-order valence-electron chi connectivity index (χ3n) is 8.22. The van der Waals surface area contributed by atoms with Crippen molar-refractivity contribution < 1.29 is 64.2 Å². The van der Waals surface area contributed by atoms with Gasteiger partial charge in [-0.3, -0.25) is 0 Å². The summed E-state index contributed by atoms with van der Waals surface area (Å²) in [4.78, 5) is 12.3. The molecule has 0 unspecified atom stereocenters. The summed E-state index contributed by atoms with van der Waals surface area (Å²) in [7, 11) is 2.86. The predicted octanol–water partition coefficient (Wildman–Crippen LogP) is 1.91. The lowest BCUT2D eigenvalue weighted by Crippen LogP contribution is -2.59. The van der Waals surface area contributed by atoms with Gasteiger partial charge in [0.05, 0.1) is 20.8 Å². The fourth-order valence-electron chi connectivity index (χ4n) is 5.42. The van der Waals surface area contributed by atoms with Gasteiger partial charge in [-0.05, 0) is 83.8 Å². The number of rotatable bonds is 15. The van der Waals surface area contributed by atoms with Crippen molar-refractivity contribution in [3.8, 4) is 28.7 Å². The Morgan fingerprint density at radius 2 is 1.40 bits per heavy atom. The number of methoxy groups -OCH3 is 2. The van der Waals surface area contributed by atoms with Crippen LogP contribution in [0.5, 0.6) is 28.7 Å². The topological polar surface area (TPSA) is 205 Å². The van der Waals surface area contributed by atoms with Crippen LogP contribution in [0.25, 0.3) is 6.08 Å². The Labute approximate surface area is 277 Å². The fourth-order valence-corrected chi connectivity index (χ4v) is 5.42. The van der Waals surface area contributed by atoms with Gasteiger partial charge >= 0.3 is 5.97 Å². The highest BCUT2D eigenvalue weighted by Crippen LogP contribution is 2.32. The van der Waals surface area contributed by atoms with Gasteiger partial charge in [-0.15, -0.1) is 0 Å². The number of esters is 1. The van der Waals surface area contributed by atoms with Crippen LogP contribution in [0.15, 0.2) is 66.7 Å². The zero-order valence-electron chi connectivity index (χ0n) is 26.6. The van der Waals surface area contributed by atoms with Gasteiger partial charge in [-0.1, -0.05) is 24.3 Å². The molecule has 48 heavy (non-hydrogen) atoms. The smallest absolute Gasteiger partial charge is 0.330 e. The molecule has 1 heterocycles. The molecule has 3 aromatic rings. The first kappa shape index (κ1) is 36.5. The van der Waals surface area contributed by atoms with E-state index in [1.807, 2.05) is 0 Å². The maximum atomic E-state index is 12.3. The number of aliphatic hydroxyl groups excluding tert-OH is 4. The highest BCUT2D eigenvalue weighted by molar-refractivity contribution is 5.87. The number of aliphatic hydroxyl groups is 4. The van der Waals surface area contributed by atoms with Gasteiger partial charge < -0.3 is 59.4 Å². The van der Waals surface area contributed by atoms with E-state index in [-0.39, 0.29) is 42.0 Å². The molecule has 1 fully saturated rings. The number of carbonyl (C=O) groups is 1. The van der Waals surface area contributed by atoms with Crippen molar-refractivity contribution in [1.82, 2.24) is 0 Å². The monoisotopic (exact) mass is 670 g/mol. The molecular weight excluding hydrogens is 628 g/mol. The second kappa shape index (κ2) is 17.2. The largest absolute Gasteiger partial charge is 0.508 e. The average Bonchev–Trinajstić information content (AvgIpc) is 3.09. The quantitative estimate of drug-likeness (QED) is 0.0913. The lowest BCUT2D eigenvalue weighted by molar-refractivity contribution is -0.304. The van der Waals surface area contributed by atoms with Crippen LogP contribution in [0, 0.1) is 11.8 Å². The normalized spacial score (nSPS) is 22.2. The van der Waals surface area contributed by atoms with Crippen LogP contribution >= 0.6 is 0 Å². The molecule has 13 nitrogen and oxygen atoms in total. The molecule has 13 heteroatoms. The number of aromatic hydroxyl groups is 3. The summed E-state index contributed by atoms with van der Waals surface area (Å²) < 4.78 is 27.4. The maximum Gasteiger partial charge on any atom is 0.330 e. The van der Waals surface area contributed by atoms with Gasteiger partial charge in [0.15, 0.2) is 29.3 Å². The third-order valence-corrected chi connectivity index (χ3v) is 8.22. The van der Waals surface area contributed by atoms with Crippen LogP contribution < -0.4 is 9.47 Å². The van der Waals surface area contributed by atoms with E-state index in [1.54, 1.807) is 36.4 Å². The van der Waals surface area contributed by atoms with Gasteiger partial charge in [0.2, 0.25) is 0 Å². The number of phenols is 3. The summed E-state index contributed by atoms with van der Waals surface area (Å²) in [5.74, 6) is -1.07. The average molecular weight is 671 g/mol. The number of phenolic OH excluding ortho intramolecular Hbond substituents is 3. The zero-order valence-corrected chi connectivity index (χ0v) is 26.6. The lowest BCUT2D eigenvalue weighted by atomic mass is 9.83. The predicted molar refractivity (Wildman–Crippen MR) is 172 cm³/mol. The van der Waals surface area contributed by atoms with E-state index in [0.29, 0.717) is 18.4 Å². The van der Waals surface area contributed by atoms with Crippen molar-refractivity contribution in [3.63, 3.8) is 0 Å². The summed E-state index contributed by atoms with van der Waals surface area (Å²) in [6.45, 7) is -0.809. The molecule has 0 saturated carbocycles. The van der Waals surface area contributed by atoms with E-state index >= 15 is 0 Å². The summed E-state index contributed by atoms with van der Waals surface area (Å²) in [6, 6.07) is 15.8. The molecule has 0 radical (unpaired) electrons. The third kappa shape index (κ3) is 9.60. The minimum atomic E-state index is -1.68. The summed E-state index contributed by atoms with van der Waals surface area (Å²) >= 11 is 0. The molecule has 0 aliphatic carbocycles. The van der Waals surface area contributed by atoms with Crippen molar-refractivity contribution in [2.24, 2.45) is 11.8 Å². The highest BCUT2D eigenvalue weighted by atomic mass is 16.7. The molecule has 1 saturated heterocycles. The van der Waals surface area contributed by atoms with Crippen LogP contribution in [-0.2, 0) is 31.8 Å². The number of benzene rings is 3. The Hall–Kier alpha value is -4.37. The fraction of sp³-hybridized carbons (Fsp3) is 0.400. The molecular formula is C35H42O13. The maximum absolute atomic E-state index is 12.3. The van der Waals surface area contributed by atoms with Gasteiger partial charge in [-0.25, -0.2) is 4.79 Å². The Kier molecular flexibility index (Phi) is 13.0. The molecule has 7 N–H and O–H groups in total. The lowest BCUT2D eigenvalue weighted by Gasteiger charge is -2.40. The van der Waals surface area contributed by atoms with Gasteiger partial charge in [0.25, 0.3) is 0 Å². The van der Waals surface area contributed by atoms with Crippen LogP contribution in [0.2, 0.25) is 0 Å². The first-order valence-electron chi connectivity index (χ1n) is 15.3. The SMILES string of the molecule is COc1cc(C[C@@H](CO)[C@H](CO[C@@H]2O[C@H](COC(=O)C=Cc3ccc(O)cc3)[C@@H](O)[C@H](O)[C@H]2O)Cc2ccc(O)c(OC)c2)ccc1O. The van der Waals surface area contributed by atoms with E-state index in [4.69, 9.17) is 23.7 Å². The van der Waals surface area contributed by atoms with E-state index in [2.05, 4.69) is 0 Å². The summed E-state index contributed by atoms with van der Waals surface area (Å²) in [5.41, 5.74) is 2.16. The minimum absolute atomic E-state index is 0.0318. The molecule has 0 spiro atoms. The molecule has 4 rings (SSSR count). The molecule has 7 atom stereocenters. The van der Waals surface area contributed by atoms with E-state index in [1.165, 1.54) is 44.6 Å². The summed E-state index contributed by atoms with van der Waals surface area (Å²) in [5, 5.41) is 71.9. The van der Waals surface area contributed by atoms with Crippen molar-refractivity contribution in [1.29, 1.82) is 0 Å². The Bertz CT molecular complexity index is 1510. The molecule has 0 bridgehead atoms. The van der Waals surface area contributed by atoms with Crippen LogP contribution in [0.4, 0.5) is 0 Å². The van der Waals surface area contributed by atoms with Crippen LogP contribution in [0.1, 0.15) is 16.7 Å². The first-order valence-corrected chi connectivity index (χ1v) is 15.3. The highest BCUT2D eigenvalue weighted by Gasteiger charge is 2.45. The van der Waals surface area contributed by atoms with Crippen LogP contribution in [-0.4, -0.2) is 106 Å². The molecule has 0 aromatic heterocycles. The van der Waals surface area contributed by atoms with E-state index < -0.39 is 55.1 Å². The molecule has 1 aliphatic heterocycles.